The third kappa shape index (κ3) is 4.53. The van der Waals surface area contributed by atoms with Gasteiger partial charge in [0.25, 0.3) is 0 Å². The Balaban J connectivity index is 1.39. The van der Waals surface area contributed by atoms with Gasteiger partial charge >= 0.3 is 0 Å². The topological polar surface area (TPSA) is 72.4 Å². The maximum Gasteiger partial charge on any atom is 0.147 e. The Morgan fingerprint density at radius 3 is 2.72 bits per heavy atom. The number of aryl methyl sites for hydroxylation is 1. The highest BCUT2D eigenvalue weighted by atomic mass is 32.1. The standard InChI is InChI=1S/C28H33N5O2S/c1-18(9-10-19-7-5-4-6-8-19)31-25-24-23(29-17-30-25)22-20-15-28(2,3)35-16-21(20)26(32-27(22)36-24)33-11-13-34-14-12-33/h4-8,17-18H,9-16H2,1-3H3,(H,29,30,31)/t18-/m1/s1. The lowest BCUT2D eigenvalue weighted by molar-refractivity contribution is -0.0396. The SMILES string of the molecule is C[C@H](CCc1ccccc1)Nc1ncnc2c1sc1nc(N3CCOCC3)c3c(c12)CC(C)(C)OC3. The maximum absolute atomic E-state index is 6.26. The molecule has 5 heterocycles. The number of ether oxygens (including phenoxy) is 2. The predicted molar refractivity (Wildman–Crippen MR) is 146 cm³/mol. The summed E-state index contributed by atoms with van der Waals surface area (Å²) in [5.74, 6) is 1.94. The normalized spacial score (nSPS) is 18.4. The van der Waals surface area contributed by atoms with Gasteiger partial charge in [0.1, 0.15) is 22.8 Å². The molecule has 36 heavy (non-hydrogen) atoms. The van der Waals surface area contributed by atoms with E-state index in [9.17, 15) is 0 Å². The zero-order chi connectivity index (χ0) is 24.7. The van der Waals surface area contributed by atoms with Crippen molar-refractivity contribution in [2.24, 2.45) is 0 Å². The fourth-order valence-corrected chi connectivity index (χ4v) is 6.37. The molecular formula is C28H33N5O2S. The van der Waals surface area contributed by atoms with Gasteiger partial charge in [0.05, 0.1) is 35.6 Å². The molecule has 1 fully saturated rings. The minimum Gasteiger partial charge on any atom is -0.378 e. The first-order valence-electron chi connectivity index (χ1n) is 12.8. The minimum absolute atomic E-state index is 0.224. The third-order valence-electron chi connectivity index (χ3n) is 7.21. The van der Waals surface area contributed by atoms with Gasteiger partial charge in [0.2, 0.25) is 0 Å². The molecule has 2 aliphatic rings. The van der Waals surface area contributed by atoms with Gasteiger partial charge in [-0.15, -0.1) is 11.3 Å². The van der Waals surface area contributed by atoms with Crippen LogP contribution >= 0.6 is 11.3 Å². The summed E-state index contributed by atoms with van der Waals surface area (Å²) in [6.45, 7) is 10.3. The largest absolute Gasteiger partial charge is 0.378 e. The first-order chi connectivity index (χ1) is 17.5. The number of nitrogens with zero attached hydrogens (tertiary/aromatic N) is 4. The zero-order valence-corrected chi connectivity index (χ0v) is 22.0. The summed E-state index contributed by atoms with van der Waals surface area (Å²) in [6.07, 6.45) is 4.59. The Kier molecular flexibility index (Phi) is 6.27. The smallest absolute Gasteiger partial charge is 0.147 e. The molecule has 188 valence electrons. The second-order valence-electron chi connectivity index (χ2n) is 10.5. The molecule has 0 bridgehead atoms. The summed E-state index contributed by atoms with van der Waals surface area (Å²) in [7, 11) is 0. The molecule has 4 aromatic rings. The van der Waals surface area contributed by atoms with Gasteiger partial charge in [0.15, 0.2) is 0 Å². The monoisotopic (exact) mass is 503 g/mol. The van der Waals surface area contributed by atoms with Gasteiger partial charge < -0.3 is 19.7 Å². The van der Waals surface area contributed by atoms with Crippen LogP contribution in [0.5, 0.6) is 0 Å². The Morgan fingerprint density at radius 1 is 1.11 bits per heavy atom. The van der Waals surface area contributed by atoms with Crippen LogP contribution in [0.1, 0.15) is 43.9 Å². The average Bonchev–Trinajstić information content (AvgIpc) is 3.27. The molecule has 0 unspecified atom stereocenters. The average molecular weight is 504 g/mol. The Labute approximate surface area is 215 Å². The molecule has 1 saturated heterocycles. The van der Waals surface area contributed by atoms with Crippen molar-refractivity contribution in [3.63, 3.8) is 0 Å². The molecule has 0 amide bonds. The Morgan fingerprint density at radius 2 is 1.92 bits per heavy atom. The van der Waals surface area contributed by atoms with Crippen molar-refractivity contribution in [3.8, 4) is 0 Å². The van der Waals surface area contributed by atoms with Crippen LogP contribution < -0.4 is 10.2 Å². The van der Waals surface area contributed by atoms with Gasteiger partial charge in [0, 0.05) is 36.5 Å². The molecule has 0 spiro atoms. The van der Waals surface area contributed by atoms with Gasteiger partial charge in [-0.1, -0.05) is 30.3 Å². The van der Waals surface area contributed by atoms with E-state index in [0.29, 0.717) is 6.61 Å². The van der Waals surface area contributed by atoms with E-state index >= 15 is 0 Å². The van der Waals surface area contributed by atoms with Crippen molar-refractivity contribution < 1.29 is 9.47 Å². The molecule has 3 aromatic heterocycles. The number of aromatic nitrogens is 3. The lowest BCUT2D eigenvalue weighted by atomic mass is 9.90. The molecule has 0 radical (unpaired) electrons. The minimum atomic E-state index is -0.224. The summed E-state index contributed by atoms with van der Waals surface area (Å²) in [4.78, 5) is 18.0. The zero-order valence-electron chi connectivity index (χ0n) is 21.2. The van der Waals surface area contributed by atoms with Crippen LogP contribution in [0.25, 0.3) is 20.4 Å². The number of pyridine rings is 1. The molecule has 2 aliphatic heterocycles. The van der Waals surface area contributed by atoms with Crippen LogP contribution in [-0.2, 0) is 28.9 Å². The first-order valence-corrected chi connectivity index (χ1v) is 13.7. The van der Waals surface area contributed by atoms with Crippen LogP contribution in [0, 0.1) is 0 Å². The number of thiophene rings is 1. The van der Waals surface area contributed by atoms with Crippen LogP contribution in [0.3, 0.4) is 0 Å². The number of hydrogen-bond donors (Lipinski definition) is 1. The Hall–Kier alpha value is -2.81. The molecule has 0 saturated carbocycles. The molecule has 1 atom stereocenters. The highest BCUT2D eigenvalue weighted by Gasteiger charge is 2.33. The number of anilines is 2. The van der Waals surface area contributed by atoms with E-state index in [1.165, 1.54) is 22.1 Å². The lowest BCUT2D eigenvalue weighted by Gasteiger charge is -2.36. The summed E-state index contributed by atoms with van der Waals surface area (Å²) in [6, 6.07) is 10.9. The summed E-state index contributed by atoms with van der Waals surface area (Å²) in [5, 5.41) is 4.84. The fourth-order valence-electron chi connectivity index (χ4n) is 5.26. The highest BCUT2D eigenvalue weighted by Crippen LogP contribution is 2.44. The summed E-state index contributed by atoms with van der Waals surface area (Å²) in [5.41, 5.74) is 4.66. The van der Waals surface area contributed by atoms with Gasteiger partial charge in [-0.25, -0.2) is 15.0 Å². The van der Waals surface area contributed by atoms with Crippen LogP contribution in [0.4, 0.5) is 11.6 Å². The van der Waals surface area contributed by atoms with Crippen molar-refractivity contribution in [2.75, 3.05) is 36.5 Å². The van der Waals surface area contributed by atoms with E-state index in [1.54, 1.807) is 17.7 Å². The molecular weight excluding hydrogens is 470 g/mol. The van der Waals surface area contributed by atoms with E-state index < -0.39 is 0 Å². The van der Waals surface area contributed by atoms with Gasteiger partial charge in [-0.3, -0.25) is 0 Å². The van der Waals surface area contributed by atoms with Gasteiger partial charge in [-0.2, -0.15) is 0 Å². The third-order valence-corrected chi connectivity index (χ3v) is 8.29. The highest BCUT2D eigenvalue weighted by molar-refractivity contribution is 7.26. The number of nitrogens with one attached hydrogen (secondary N) is 1. The van der Waals surface area contributed by atoms with Crippen molar-refractivity contribution in [1.82, 2.24) is 15.0 Å². The molecule has 7 nitrogen and oxygen atoms in total. The summed E-state index contributed by atoms with van der Waals surface area (Å²) < 4.78 is 13.0. The van der Waals surface area contributed by atoms with Crippen molar-refractivity contribution in [1.29, 1.82) is 0 Å². The molecule has 8 heteroatoms. The number of benzene rings is 1. The van der Waals surface area contributed by atoms with E-state index in [0.717, 1.165) is 72.2 Å². The quantitative estimate of drug-likeness (QED) is 0.380. The lowest BCUT2D eigenvalue weighted by Crippen LogP contribution is -2.39. The second kappa shape index (κ2) is 9.57. The van der Waals surface area contributed by atoms with E-state index in [-0.39, 0.29) is 11.6 Å². The van der Waals surface area contributed by atoms with E-state index in [1.807, 2.05) is 0 Å². The molecule has 0 aliphatic carbocycles. The van der Waals surface area contributed by atoms with Gasteiger partial charge in [-0.05, 0) is 44.7 Å². The molecule has 6 rings (SSSR count). The molecule has 1 N–H and O–H groups in total. The van der Waals surface area contributed by atoms with Crippen LogP contribution in [0.15, 0.2) is 36.7 Å². The fraction of sp³-hybridized carbons (Fsp3) is 0.464. The second-order valence-corrected chi connectivity index (χ2v) is 11.5. The number of hydrogen-bond acceptors (Lipinski definition) is 8. The van der Waals surface area contributed by atoms with Crippen molar-refractivity contribution >= 4 is 43.4 Å². The van der Waals surface area contributed by atoms with Crippen molar-refractivity contribution in [2.45, 2.75) is 58.3 Å². The van der Waals surface area contributed by atoms with E-state index in [2.05, 4.69) is 66.3 Å². The summed E-state index contributed by atoms with van der Waals surface area (Å²) >= 11 is 1.70. The maximum atomic E-state index is 6.26. The van der Waals surface area contributed by atoms with Crippen molar-refractivity contribution in [3.05, 3.63) is 53.3 Å². The Bertz CT molecular complexity index is 1380. The van der Waals surface area contributed by atoms with Crippen LogP contribution in [-0.4, -0.2) is 52.9 Å². The predicted octanol–water partition coefficient (Wildman–Crippen LogP) is 5.36. The first kappa shape index (κ1) is 23.6. The number of fused-ring (bicyclic) bond motifs is 5. The molecule has 1 aromatic carbocycles. The number of rotatable bonds is 6. The number of morpholine rings is 1. The van der Waals surface area contributed by atoms with Crippen LogP contribution in [0.2, 0.25) is 0 Å². The van der Waals surface area contributed by atoms with E-state index in [4.69, 9.17) is 19.4 Å².